The van der Waals surface area contributed by atoms with Gasteiger partial charge in [0.25, 0.3) is 0 Å². The van der Waals surface area contributed by atoms with Crippen LogP contribution in [0.1, 0.15) is 5.56 Å². The molecule has 2 fully saturated rings. The van der Waals surface area contributed by atoms with Crippen molar-refractivity contribution in [3.05, 3.63) is 23.8 Å². The van der Waals surface area contributed by atoms with E-state index in [1.807, 2.05) is 18.2 Å². The Kier molecular flexibility index (Phi) is 28.7. The fourth-order valence-electron chi connectivity index (χ4n) is 7.04. The van der Waals surface area contributed by atoms with Crippen LogP contribution in [0.4, 0.5) is 0 Å². The van der Waals surface area contributed by atoms with Crippen molar-refractivity contribution in [2.45, 2.75) is 55.3 Å². The first-order valence-electron chi connectivity index (χ1n) is 21.5. The average molecular weight is 898 g/mol. The van der Waals surface area contributed by atoms with Crippen LogP contribution in [0.25, 0.3) is 0 Å². The quantitative estimate of drug-likeness (QED) is 0.0300. The molecule has 0 saturated carbocycles. The SMILES string of the molecule is COc1ccc(CN(CCOCCOCCOCCOCCN2C[C@H](O)[C@@H](O)[C@H](O)[C@H]2CO)CCOCCOCCOCCOCCN2C[C@H](O)[C@@H](O)[C@H](O)[C@H]2CO)c(OC)c1. The van der Waals surface area contributed by atoms with Crippen LogP contribution in [-0.4, -0.2) is 277 Å². The summed E-state index contributed by atoms with van der Waals surface area (Å²) >= 11 is 0. The van der Waals surface area contributed by atoms with Crippen LogP contribution in [0.3, 0.4) is 0 Å². The minimum atomic E-state index is -1.28. The third-order valence-electron chi connectivity index (χ3n) is 10.7. The van der Waals surface area contributed by atoms with Gasteiger partial charge in [-0.3, -0.25) is 14.7 Å². The maximum Gasteiger partial charge on any atom is 0.127 e. The van der Waals surface area contributed by atoms with Crippen LogP contribution in [0.15, 0.2) is 18.2 Å². The topological polar surface area (TPSA) is 264 Å². The number of benzene rings is 1. The minimum absolute atomic E-state index is 0.140. The Morgan fingerprint density at radius 2 is 0.871 bits per heavy atom. The number of aliphatic hydroxyl groups excluding tert-OH is 8. The molecule has 2 saturated heterocycles. The molecular weight excluding hydrogens is 822 g/mol. The van der Waals surface area contributed by atoms with Gasteiger partial charge in [-0.05, 0) is 6.07 Å². The largest absolute Gasteiger partial charge is 0.497 e. The molecule has 0 spiro atoms. The lowest BCUT2D eigenvalue weighted by molar-refractivity contribution is -0.147. The van der Waals surface area contributed by atoms with Crippen molar-refractivity contribution in [3.63, 3.8) is 0 Å². The molecule has 0 radical (unpaired) electrons. The van der Waals surface area contributed by atoms with Gasteiger partial charge in [-0.2, -0.15) is 0 Å². The van der Waals surface area contributed by atoms with Gasteiger partial charge in [0.05, 0.1) is 157 Å². The smallest absolute Gasteiger partial charge is 0.127 e. The zero-order valence-corrected chi connectivity index (χ0v) is 36.5. The molecule has 0 unspecified atom stereocenters. The predicted octanol–water partition coefficient (Wildman–Crippen LogP) is -3.84. The molecule has 8 N–H and O–H groups in total. The van der Waals surface area contributed by atoms with Crippen LogP contribution in [0.5, 0.6) is 11.5 Å². The summed E-state index contributed by atoms with van der Waals surface area (Å²) in [5.74, 6) is 1.44. The molecule has 3 rings (SSSR count). The molecule has 21 nitrogen and oxygen atoms in total. The number of rotatable bonds is 36. The van der Waals surface area contributed by atoms with Crippen LogP contribution >= 0.6 is 0 Å². The summed E-state index contributed by atoms with van der Waals surface area (Å²) in [6.45, 7) is 8.65. The highest BCUT2D eigenvalue weighted by Gasteiger charge is 2.41. The monoisotopic (exact) mass is 898 g/mol. The first kappa shape index (κ1) is 54.4. The standard InChI is InChI=1S/C41H75N3O18/c1-53-32-4-3-31(37(25-32)54-2)26-42(5-9-55-13-17-59-21-23-61-19-15-57-11-7-43-27-35(47)40(51)38(49)33(43)29-45)6-10-56-14-18-60-22-24-62-20-16-58-12-8-44-28-36(48)41(52)39(50)34(44)30-46/h3-4,25,33-36,38-41,45-52H,5-24,26-30H2,1-2H3/t33-,34-,35+,36+,38-,39-,40-,41-/m1/s1. The summed E-state index contributed by atoms with van der Waals surface area (Å²) in [6.07, 6.45) is -7.20. The number of likely N-dealkylation sites (tertiary alicyclic amines) is 2. The normalized spacial score (nSPS) is 24.9. The van der Waals surface area contributed by atoms with Gasteiger partial charge in [-0.1, -0.05) is 6.07 Å². The lowest BCUT2D eigenvalue weighted by Crippen LogP contribution is -2.62. The number of ether oxygens (including phenoxy) is 10. The number of aliphatic hydroxyl groups is 8. The summed E-state index contributed by atoms with van der Waals surface area (Å²) in [5, 5.41) is 78.8. The molecule has 0 aromatic heterocycles. The van der Waals surface area contributed by atoms with Crippen molar-refractivity contribution < 1.29 is 88.2 Å². The number of piperidine rings is 2. The summed E-state index contributed by atoms with van der Waals surface area (Å²) in [4.78, 5) is 5.63. The Balaban J connectivity index is 1.19. The van der Waals surface area contributed by atoms with E-state index in [0.717, 1.165) is 11.3 Å². The molecule has 8 atom stereocenters. The lowest BCUT2D eigenvalue weighted by Gasteiger charge is -2.43. The zero-order chi connectivity index (χ0) is 45.0. The van der Waals surface area contributed by atoms with Gasteiger partial charge in [0.1, 0.15) is 35.9 Å². The molecule has 2 aliphatic heterocycles. The molecule has 0 bridgehead atoms. The van der Waals surface area contributed by atoms with E-state index in [1.165, 1.54) is 0 Å². The van der Waals surface area contributed by atoms with Gasteiger partial charge >= 0.3 is 0 Å². The van der Waals surface area contributed by atoms with E-state index in [0.29, 0.717) is 144 Å². The Bertz CT molecular complexity index is 1200. The van der Waals surface area contributed by atoms with Crippen LogP contribution in [-0.2, 0) is 44.4 Å². The average Bonchev–Trinajstić information content (AvgIpc) is 3.27. The van der Waals surface area contributed by atoms with Crippen LogP contribution in [0.2, 0.25) is 0 Å². The third-order valence-corrected chi connectivity index (χ3v) is 10.7. The summed E-state index contributed by atoms with van der Waals surface area (Å²) < 4.78 is 56.2. The molecule has 1 aromatic carbocycles. The number of methoxy groups -OCH3 is 2. The van der Waals surface area contributed by atoms with Gasteiger partial charge in [-0.25, -0.2) is 0 Å². The summed E-state index contributed by atoms with van der Waals surface area (Å²) in [5.41, 5.74) is 1.01. The van der Waals surface area contributed by atoms with Crippen molar-refractivity contribution >= 4 is 0 Å². The molecular formula is C41H75N3O18. The molecule has 62 heavy (non-hydrogen) atoms. The Morgan fingerprint density at radius 3 is 1.23 bits per heavy atom. The van der Waals surface area contributed by atoms with E-state index < -0.39 is 48.7 Å². The first-order chi connectivity index (χ1) is 30.1. The van der Waals surface area contributed by atoms with Crippen LogP contribution < -0.4 is 9.47 Å². The highest BCUT2D eigenvalue weighted by Crippen LogP contribution is 2.26. The third kappa shape index (κ3) is 20.1. The van der Waals surface area contributed by atoms with E-state index in [2.05, 4.69) is 4.90 Å². The van der Waals surface area contributed by atoms with Crippen molar-refractivity contribution in [1.82, 2.24) is 14.7 Å². The van der Waals surface area contributed by atoms with Gasteiger partial charge in [-0.15, -0.1) is 0 Å². The van der Waals surface area contributed by atoms with E-state index in [1.54, 1.807) is 24.0 Å². The first-order valence-corrected chi connectivity index (χ1v) is 21.5. The van der Waals surface area contributed by atoms with Crippen molar-refractivity contribution in [2.75, 3.05) is 172 Å². The molecule has 2 aliphatic rings. The minimum Gasteiger partial charge on any atom is -0.497 e. The van der Waals surface area contributed by atoms with E-state index >= 15 is 0 Å². The molecule has 1 aromatic rings. The molecule has 21 heteroatoms. The molecule has 0 amide bonds. The van der Waals surface area contributed by atoms with Gasteiger partial charge in [0, 0.05) is 57.4 Å². The Labute approximate surface area is 365 Å². The fourth-order valence-corrected chi connectivity index (χ4v) is 7.04. The van der Waals surface area contributed by atoms with Crippen LogP contribution in [0, 0.1) is 0 Å². The van der Waals surface area contributed by atoms with Crippen molar-refractivity contribution in [1.29, 1.82) is 0 Å². The molecule has 362 valence electrons. The maximum absolute atomic E-state index is 10.1. The fraction of sp³-hybridized carbons (Fsp3) is 0.854. The molecule has 2 heterocycles. The number of hydrogen-bond donors (Lipinski definition) is 8. The number of nitrogens with zero attached hydrogens (tertiary/aromatic N) is 3. The molecule has 0 aliphatic carbocycles. The number of hydrogen-bond acceptors (Lipinski definition) is 21. The Hall–Kier alpha value is -1.94. The van der Waals surface area contributed by atoms with E-state index in [-0.39, 0.29) is 26.3 Å². The highest BCUT2D eigenvalue weighted by atomic mass is 16.6. The predicted molar refractivity (Wildman–Crippen MR) is 222 cm³/mol. The lowest BCUT2D eigenvalue weighted by atomic mass is 9.94. The van der Waals surface area contributed by atoms with Gasteiger partial charge in [0.2, 0.25) is 0 Å². The second kappa shape index (κ2) is 32.7. The van der Waals surface area contributed by atoms with E-state index in [4.69, 9.17) is 47.4 Å². The highest BCUT2D eigenvalue weighted by molar-refractivity contribution is 5.40. The summed E-state index contributed by atoms with van der Waals surface area (Å²) in [7, 11) is 3.25. The number of β-amino-alcohol motifs (C(OH)–C–C–N with tert-alkyl or cyclic N) is 2. The second-order valence-electron chi connectivity index (χ2n) is 14.9. The van der Waals surface area contributed by atoms with Gasteiger partial charge < -0.3 is 88.2 Å². The van der Waals surface area contributed by atoms with Crippen molar-refractivity contribution in [2.24, 2.45) is 0 Å². The van der Waals surface area contributed by atoms with Gasteiger partial charge in [0.15, 0.2) is 0 Å². The van der Waals surface area contributed by atoms with E-state index in [9.17, 15) is 40.9 Å². The Morgan fingerprint density at radius 1 is 0.500 bits per heavy atom. The van der Waals surface area contributed by atoms with Crippen molar-refractivity contribution in [3.8, 4) is 11.5 Å². The zero-order valence-electron chi connectivity index (χ0n) is 36.5. The summed E-state index contributed by atoms with van der Waals surface area (Å²) in [6, 6.07) is 4.43. The second-order valence-corrected chi connectivity index (χ2v) is 14.9. The maximum atomic E-state index is 10.1.